The number of carbonyl (C=O) groups is 1. The van der Waals surface area contributed by atoms with Crippen LogP contribution in [0.15, 0.2) is 46.2 Å². The Morgan fingerprint density at radius 3 is 2.48 bits per heavy atom. The fourth-order valence-electron chi connectivity index (χ4n) is 2.69. The molecule has 2 aromatic rings. The number of nitrogens with one attached hydrogen (secondary N) is 2. The van der Waals surface area contributed by atoms with Gasteiger partial charge < -0.3 is 5.32 Å². The van der Waals surface area contributed by atoms with Crippen LogP contribution < -0.4 is 10.0 Å². The van der Waals surface area contributed by atoms with Gasteiger partial charge in [-0.1, -0.05) is 13.0 Å². The summed E-state index contributed by atoms with van der Waals surface area (Å²) < 4.78 is 28.0. The van der Waals surface area contributed by atoms with Gasteiger partial charge in [-0.25, -0.2) is 8.42 Å². The van der Waals surface area contributed by atoms with Crippen molar-refractivity contribution in [3.63, 3.8) is 0 Å². The van der Waals surface area contributed by atoms with Crippen molar-refractivity contribution in [1.82, 2.24) is 0 Å². The van der Waals surface area contributed by atoms with Crippen LogP contribution in [0.3, 0.4) is 0 Å². The Bertz CT molecular complexity index is 919. The molecule has 0 aromatic heterocycles. The van der Waals surface area contributed by atoms with Gasteiger partial charge in [-0.2, -0.15) is 0 Å². The molecule has 132 valence electrons. The Morgan fingerprint density at radius 1 is 1.12 bits per heavy atom. The highest BCUT2D eigenvalue weighted by molar-refractivity contribution is 7.99. The Morgan fingerprint density at radius 2 is 1.80 bits per heavy atom. The van der Waals surface area contributed by atoms with E-state index >= 15 is 0 Å². The standard InChI is InChI=1S/C18H20N2O3S2/c1-11-6-12(2)8-14(7-11)20-25(22,23)15-4-5-17-16(9-15)19-18(21)13(3)10-24-17/h4-9,13,20H,10H2,1-3H3,(H,19,21)/t13-/m1/s1. The minimum atomic E-state index is -3.73. The second-order valence-corrected chi connectivity index (χ2v) is 9.09. The van der Waals surface area contributed by atoms with Crippen molar-refractivity contribution in [1.29, 1.82) is 0 Å². The molecule has 25 heavy (non-hydrogen) atoms. The molecular weight excluding hydrogens is 356 g/mol. The molecule has 2 N–H and O–H groups in total. The van der Waals surface area contributed by atoms with Crippen LogP contribution in [0.2, 0.25) is 0 Å². The molecular formula is C18H20N2O3S2. The minimum Gasteiger partial charge on any atom is -0.325 e. The average Bonchev–Trinajstić information content (AvgIpc) is 2.64. The lowest BCUT2D eigenvalue weighted by Crippen LogP contribution is -2.20. The fraction of sp³-hybridized carbons (Fsp3) is 0.278. The fourth-order valence-corrected chi connectivity index (χ4v) is 4.77. The molecule has 1 amide bonds. The number of thioether (sulfide) groups is 1. The SMILES string of the molecule is Cc1cc(C)cc(NS(=O)(=O)c2ccc3c(c2)NC(=O)[C@H](C)CS3)c1. The summed E-state index contributed by atoms with van der Waals surface area (Å²) in [7, 11) is -3.73. The number of benzene rings is 2. The molecule has 3 rings (SSSR count). The quantitative estimate of drug-likeness (QED) is 0.855. The van der Waals surface area contributed by atoms with Crippen LogP contribution in [-0.4, -0.2) is 20.1 Å². The highest BCUT2D eigenvalue weighted by Crippen LogP contribution is 2.34. The molecule has 0 fully saturated rings. The molecule has 1 atom stereocenters. The van der Waals surface area contributed by atoms with Crippen LogP contribution in [0, 0.1) is 19.8 Å². The van der Waals surface area contributed by atoms with Crippen molar-refractivity contribution in [2.75, 3.05) is 15.8 Å². The third-order valence-corrected chi connectivity index (χ3v) is 6.64. The van der Waals surface area contributed by atoms with Gasteiger partial charge >= 0.3 is 0 Å². The highest BCUT2D eigenvalue weighted by atomic mass is 32.2. The molecule has 7 heteroatoms. The zero-order valence-electron chi connectivity index (χ0n) is 14.3. The number of hydrogen-bond donors (Lipinski definition) is 2. The predicted octanol–water partition coefficient (Wildman–Crippen LogP) is 3.78. The first-order chi connectivity index (χ1) is 11.7. The van der Waals surface area contributed by atoms with E-state index in [4.69, 9.17) is 0 Å². The summed E-state index contributed by atoms with van der Waals surface area (Å²) in [6.07, 6.45) is 0. The molecule has 1 aliphatic rings. The average molecular weight is 377 g/mol. The van der Waals surface area contributed by atoms with Crippen molar-refractivity contribution in [3.05, 3.63) is 47.5 Å². The third kappa shape index (κ3) is 3.99. The van der Waals surface area contributed by atoms with E-state index in [1.807, 2.05) is 26.8 Å². The maximum absolute atomic E-state index is 12.7. The van der Waals surface area contributed by atoms with Gasteiger partial charge in [0.2, 0.25) is 5.91 Å². The summed E-state index contributed by atoms with van der Waals surface area (Å²) in [5, 5.41) is 2.81. The number of amides is 1. The second-order valence-electron chi connectivity index (χ2n) is 6.34. The van der Waals surface area contributed by atoms with Crippen LogP contribution in [0.4, 0.5) is 11.4 Å². The highest BCUT2D eigenvalue weighted by Gasteiger charge is 2.23. The number of aryl methyl sites for hydroxylation is 2. The van der Waals surface area contributed by atoms with Gasteiger partial charge in [0, 0.05) is 22.3 Å². The van der Waals surface area contributed by atoms with Crippen molar-refractivity contribution >= 4 is 39.1 Å². The molecule has 0 aliphatic carbocycles. The van der Waals surface area contributed by atoms with E-state index in [0.29, 0.717) is 17.1 Å². The lowest BCUT2D eigenvalue weighted by molar-refractivity contribution is -0.118. The summed E-state index contributed by atoms with van der Waals surface area (Å²) in [6.45, 7) is 5.69. The largest absolute Gasteiger partial charge is 0.325 e. The Balaban J connectivity index is 1.93. The Hall–Kier alpha value is -1.99. The maximum atomic E-state index is 12.7. The number of anilines is 2. The maximum Gasteiger partial charge on any atom is 0.261 e. The van der Waals surface area contributed by atoms with Gasteiger partial charge in [0.05, 0.1) is 10.6 Å². The number of rotatable bonds is 3. The van der Waals surface area contributed by atoms with Gasteiger partial charge in [0.1, 0.15) is 0 Å². The Labute approximate surface area is 152 Å². The van der Waals surface area contributed by atoms with Crippen LogP contribution in [-0.2, 0) is 14.8 Å². The summed E-state index contributed by atoms with van der Waals surface area (Å²) in [5.41, 5.74) is 3.04. The molecule has 0 saturated carbocycles. The zero-order chi connectivity index (χ0) is 18.2. The van der Waals surface area contributed by atoms with Gasteiger partial charge in [0.25, 0.3) is 10.0 Å². The molecule has 5 nitrogen and oxygen atoms in total. The van der Waals surface area contributed by atoms with Crippen molar-refractivity contribution in [2.24, 2.45) is 5.92 Å². The third-order valence-electron chi connectivity index (χ3n) is 3.93. The van der Waals surface area contributed by atoms with Crippen LogP contribution in [0.1, 0.15) is 18.1 Å². The summed E-state index contributed by atoms with van der Waals surface area (Å²) in [5.74, 6) is 0.458. The van der Waals surface area contributed by atoms with Crippen molar-refractivity contribution < 1.29 is 13.2 Å². The van der Waals surface area contributed by atoms with Crippen molar-refractivity contribution in [3.8, 4) is 0 Å². The van der Waals surface area contributed by atoms with E-state index in [0.717, 1.165) is 16.0 Å². The molecule has 0 bridgehead atoms. The first-order valence-corrected chi connectivity index (χ1v) is 10.4. The number of carbonyl (C=O) groups excluding carboxylic acids is 1. The monoisotopic (exact) mass is 376 g/mol. The molecule has 1 heterocycles. The normalized spacial score (nSPS) is 17.4. The second kappa shape index (κ2) is 6.72. The Kier molecular flexibility index (Phi) is 4.79. The molecule has 0 saturated heterocycles. The van der Waals surface area contributed by atoms with Crippen LogP contribution >= 0.6 is 11.8 Å². The van der Waals surface area contributed by atoms with E-state index in [-0.39, 0.29) is 16.7 Å². The minimum absolute atomic E-state index is 0.0944. The van der Waals surface area contributed by atoms with Crippen LogP contribution in [0.5, 0.6) is 0 Å². The van der Waals surface area contributed by atoms with E-state index in [2.05, 4.69) is 10.0 Å². The smallest absolute Gasteiger partial charge is 0.261 e. The van der Waals surface area contributed by atoms with Gasteiger partial charge in [-0.05, 0) is 55.3 Å². The lowest BCUT2D eigenvalue weighted by atomic mass is 10.1. The van der Waals surface area contributed by atoms with E-state index < -0.39 is 10.0 Å². The zero-order valence-corrected chi connectivity index (χ0v) is 15.9. The lowest BCUT2D eigenvalue weighted by Gasteiger charge is -2.12. The summed E-state index contributed by atoms with van der Waals surface area (Å²) in [4.78, 5) is 13.0. The number of sulfonamides is 1. The van der Waals surface area contributed by atoms with Crippen molar-refractivity contribution in [2.45, 2.75) is 30.6 Å². The molecule has 0 radical (unpaired) electrons. The molecule has 0 unspecified atom stereocenters. The van der Waals surface area contributed by atoms with E-state index in [1.165, 1.54) is 6.07 Å². The summed E-state index contributed by atoms with van der Waals surface area (Å²) in [6, 6.07) is 10.4. The number of hydrogen-bond acceptors (Lipinski definition) is 4. The van der Waals surface area contributed by atoms with Gasteiger partial charge in [-0.15, -0.1) is 11.8 Å². The van der Waals surface area contributed by atoms with Crippen LogP contribution in [0.25, 0.3) is 0 Å². The van der Waals surface area contributed by atoms with E-state index in [1.54, 1.807) is 36.0 Å². The summed E-state index contributed by atoms with van der Waals surface area (Å²) >= 11 is 1.55. The molecule has 2 aromatic carbocycles. The number of fused-ring (bicyclic) bond motifs is 1. The topological polar surface area (TPSA) is 75.3 Å². The predicted molar refractivity (Wildman–Crippen MR) is 102 cm³/mol. The van der Waals surface area contributed by atoms with Gasteiger partial charge in [0.15, 0.2) is 0 Å². The van der Waals surface area contributed by atoms with E-state index in [9.17, 15) is 13.2 Å². The first kappa shape index (κ1) is 17.8. The first-order valence-electron chi connectivity index (χ1n) is 7.93. The molecule has 1 aliphatic heterocycles. The van der Waals surface area contributed by atoms with Gasteiger partial charge in [-0.3, -0.25) is 9.52 Å². The molecule has 0 spiro atoms.